The Morgan fingerprint density at radius 3 is 2.62 bits per heavy atom. The van der Waals surface area contributed by atoms with Crippen LogP contribution >= 0.6 is 23.2 Å². The molecule has 0 radical (unpaired) electrons. The standard InChI is InChI=1S/C10H12Cl2N2O2/c1-16-4-2-3-13-10(15)7-5-8(11)14-9(12)6-7/h5-6H,2-4H2,1H3,(H,13,15). The van der Waals surface area contributed by atoms with Gasteiger partial charge in [0.25, 0.3) is 5.91 Å². The van der Waals surface area contributed by atoms with Gasteiger partial charge < -0.3 is 10.1 Å². The second kappa shape index (κ2) is 6.68. The van der Waals surface area contributed by atoms with Gasteiger partial charge in [-0.3, -0.25) is 4.79 Å². The van der Waals surface area contributed by atoms with Crippen LogP contribution in [-0.2, 0) is 4.74 Å². The number of hydrogen-bond donors (Lipinski definition) is 1. The maximum Gasteiger partial charge on any atom is 0.251 e. The van der Waals surface area contributed by atoms with Crippen LogP contribution in [0, 0.1) is 0 Å². The van der Waals surface area contributed by atoms with Crippen LogP contribution in [0.25, 0.3) is 0 Å². The molecule has 0 saturated heterocycles. The van der Waals surface area contributed by atoms with Crippen LogP contribution in [0.3, 0.4) is 0 Å². The summed E-state index contributed by atoms with van der Waals surface area (Å²) < 4.78 is 4.86. The van der Waals surface area contributed by atoms with Crippen LogP contribution in [0.4, 0.5) is 0 Å². The summed E-state index contributed by atoms with van der Waals surface area (Å²) >= 11 is 11.4. The van der Waals surface area contributed by atoms with E-state index in [1.54, 1.807) is 7.11 Å². The van der Waals surface area contributed by atoms with E-state index in [2.05, 4.69) is 10.3 Å². The number of nitrogens with one attached hydrogen (secondary N) is 1. The molecule has 1 rings (SSSR count). The fraction of sp³-hybridized carbons (Fsp3) is 0.400. The molecule has 0 bridgehead atoms. The Bertz CT molecular complexity index is 352. The van der Waals surface area contributed by atoms with Gasteiger partial charge in [0, 0.05) is 25.8 Å². The molecular weight excluding hydrogens is 251 g/mol. The number of aromatic nitrogens is 1. The fourth-order valence-corrected chi connectivity index (χ4v) is 1.58. The van der Waals surface area contributed by atoms with Crippen LogP contribution in [0.2, 0.25) is 10.3 Å². The van der Waals surface area contributed by atoms with Crippen LogP contribution in [0.15, 0.2) is 12.1 Å². The highest BCUT2D eigenvalue weighted by atomic mass is 35.5. The number of carbonyl (C=O) groups is 1. The summed E-state index contributed by atoms with van der Waals surface area (Å²) in [5.41, 5.74) is 0.405. The van der Waals surface area contributed by atoms with Crippen molar-refractivity contribution >= 4 is 29.1 Å². The highest BCUT2D eigenvalue weighted by Crippen LogP contribution is 2.14. The van der Waals surface area contributed by atoms with Crippen molar-refractivity contribution in [1.29, 1.82) is 0 Å². The van der Waals surface area contributed by atoms with Gasteiger partial charge in [0.1, 0.15) is 10.3 Å². The number of pyridine rings is 1. The van der Waals surface area contributed by atoms with Crippen molar-refractivity contribution in [2.24, 2.45) is 0 Å². The maximum atomic E-state index is 11.6. The molecule has 0 aliphatic carbocycles. The van der Waals surface area contributed by atoms with Crippen molar-refractivity contribution in [1.82, 2.24) is 10.3 Å². The summed E-state index contributed by atoms with van der Waals surface area (Å²) in [6.45, 7) is 1.16. The van der Waals surface area contributed by atoms with E-state index in [4.69, 9.17) is 27.9 Å². The fourth-order valence-electron chi connectivity index (χ4n) is 1.12. The summed E-state index contributed by atoms with van der Waals surface area (Å²) in [4.78, 5) is 15.4. The van der Waals surface area contributed by atoms with Gasteiger partial charge in [-0.05, 0) is 18.6 Å². The number of hydrogen-bond acceptors (Lipinski definition) is 3. The third kappa shape index (κ3) is 4.35. The average molecular weight is 263 g/mol. The largest absolute Gasteiger partial charge is 0.385 e. The lowest BCUT2D eigenvalue weighted by Gasteiger charge is -2.05. The molecule has 0 aliphatic rings. The maximum absolute atomic E-state index is 11.6. The van der Waals surface area contributed by atoms with Crippen LogP contribution in [0.5, 0.6) is 0 Å². The number of amides is 1. The van der Waals surface area contributed by atoms with E-state index in [-0.39, 0.29) is 16.2 Å². The molecule has 0 unspecified atom stereocenters. The van der Waals surface area contributed by atoms with E-state index in [0.29, 0.717) is 18.7 Å². The normalized spacial score (nSPS) is 10.2. The molecule has 0 fully saturated rings. The molecule has 88 valence electrons. The van der Waals surface area contributed by atoms with Gasteiger partial charge in [0.2, 0.25) is 0 Å². The molecule has 1 N–H and O–H groups in total. The van der Waals surface area contributed by atoms with Crippen molar-refractivity contribution in [3.05, 3.63) is 28.0 Å². The molecular formula is C10H12Cl2N2O2. The molecule has 16 heavy (non-hydrogen) atoms. The molecule has 1 heterocycles. The SMILES string of the molecule is COCCCNC(=O)c1cc(Cl)nc(Cl)c1. The number of rotatable bonds is 5. The highest BCUT2D eigenvalue weighted by Gasteiger charge is 2.07. The first kappa shape index (κ1) is 13.2. The van der Waals surface area contributed by atoms with Crippen molar-refractivity contribution in [3.63, 3.8) is 0 Å². The first-order chi connectivity index (χ1) is 7.63. The quantitative estimate of drug-likeness (QED) is 0.654. The molecule has 6 heteroatoms. The molecule has 1 aromatic rings. The Hall–Kier alpha value is -0.840. The molecule has 1 aromatic heterocycles. The lowest BCUT2D eigenvalue weighted by Crippen LogP contribution is -2.25. The monoisotopic (exact) mass is 262 g/mol. The molecule has 0 saturated carbocycles. The van der Waals surface area contributed by atoms with Gasteiger partial charge in [-0.1, -0.05) is 23.2 Å². The average Bonchev–Trinajstić information content (AvgIpc) is 2.22. The topological polar surface area (TPSA) is 51.2 Å². The minimum absolute atomic E-state index is 0.203. The van der Waals surface area contributed by atoms with Crippen LogP contribution in [0.1, 0.15) is 16.8 Å². The number of methoxy groups -OCH3 is 1. The van der Waals surface area contributed by atoms with E-state index < -0.39 is 0 Å². The van der Waals surface area contributed by atoms with E-state index >= 15 is 0 Å². The van der Waals surface area contributed by atoms with Gasteiger partial charge in [0.05, 0.1) is 0 Å². The molecule has 0 aromatic carbocycles. The minimum atomic E-state index is -0.220. The summed E-state index contributed by atoms with van der Waals surface area (Å²) in [5.74, 6) is -0.220. The second-order valence-electron chi connectivity index (χ2n) is 3.10. The van der Waals surface area contributed by atoms with Crippen molar-refractivity contribution in [2.45, 2.75) is 6.42 Å². The smallest absolute Gasteiger partial charge is 0.251 e. The lowest BCUT2D eigenvalue weighted by molar-refractivity contribution is 0.0948. The minimum Gasteiger partial charge on any atom is -0.385 e. The van der Waals surface area contributed by atoms with E-state index in [1.807, 2.05) is 0 Å². The van der Waals surface area contributed by atoms with Gasteiger partial charge in [-0.25, -0.2) is 4.98 Å². The highest BCUT2D eigenvalue weighted by molar-refractivity contribution is 6.33. The van der Waals surface area contributed by atoms with E-state index in [1.165, 1.54) is 12.1 Å². The zero-order valence-electron chi connectivity index (χ0n) is 8.80. The van der Waals surface area contributed by atoms with E-state index in [9.17, 15) is 4.79 Å². The summed E-state index contributed by atoms with van der Waals surface area (Å²) in [5, 5.41) is 3.13. The molecule has 0 atom stereocenters. The Kier molecular flexibility index (Phi) is 5.52. The number of ether oxygens (including phenoxy) is 1. The Morgan fingerprint density at radius 2 is 2.06 bits per heavy atom. The predicted molar refractivity (Wildman–Crippen MR) is 63.1 cm³/mol. The van der Waals surface area contributed by atoms with Crippen molar-refractivity contribution < 1.29 is 9.53 Å². The summed E-state index contributed by atoms with van der Waals surface area (Å²) in [6, 6.07) is 2.94. The van der Waals surface area contributed by atoms with Crippen LogP contribution in [-0.4, -0.2) is 31.2 Å². The second-order valence-corrected chi connectivity index (χ2v) is 3.88. The zero-order chi connectivity index (χ0) is 12.0. The molecule has 4 nitrogen and oxygen atoms in total. The van der Waals surface area contributed by atoms with Crippen LogP contribution < -0.4 is 5.32 Å². The van der Waals surface area contributed by atoms with Gasteiger partial charge in [0.15, 0.2) is 0 Å². The number of halogens is 2. The number of carbonyl (C=O) groups excluding carboxylic acids is 1. The first-order valence-electron chi connectivity index (χ1n) is 4.73. The third-order valence-corrected chi connectivity index (χ3v) is 2.22. The van der Waals surface area contributed by atoms with Crippen molar-refractivity contribution in [2.75, 3.05) is 20.3 Å². The Balaban J connectivity index is 2.52. The Morgan fingerprint density at radius 1 is 1.44 bits per heavy atom. The molecule has 0 aliphatic heterocycles. The van der Waals surface area contributed by atoms with Gasteiger partial charge >= 0.3 is 0 Å². The first-order valence-corrected chi connectivity index (χ1v) is 5.49. The summed E-state index contributed by atoms with van der Waals surface area (Å²) in [6.07, 6.45) is 0.759. The third-order valence-electron chi connectivity index (χ3n) is 1.84. The Labute approximate surface area is 104 Å². The predicted octanol–water partition coefficient (Wildman–Crippen LogP) is 2.15. The number of nitrogens with zero attached hydrogens (tertiary/aromatic N) is 1. The zero-order valence-corrected chi connectivity index (χ0v) is 10.3. The van der Waals surface area contributed by atoms with Crippen molar-refractivity contribution in [3.8, 4) is 0 Å². The molecule has 0 spiro atoms. The van der Waals surface area contributed by atoms with Gasteiger partial charge in [-0.15, -0.1) is 0 Å². The summed E-state index contributed by atoms with van der Waals surface area (Å²) in [7, 11) is 1.62. The molecule has 1 amide bonds. The van der Waals surface area contributed by atoms with Gasteiger partial charge in [-0.2, -0.15) is 0 Å². The lowest BCUT2D eigenvalue weighted by atomic mass is 10.2. The van der Waals surface area contributed by atoms with E-state index in [0.717, 1.165) is 6.42 Å².